The van der Waals surface area contributed by atoms with E-state index < -0.39 is 0 Å². The molecule has 0 fully saturated rings. The third-order valence-electron chi connectivity index (χ3n) is 4.28. The van der Waals surface area contributed by atoms with E-state index in [1.807, 2.05) is 18.2 Å². The Kier molecular flexibility index (Phi) is 2.84. The molecule has 2 aromatic heterocycles. The first kappa shape index (κ1) is 13.7. The summed E-state index contributed by atoms with van der Waals surface area (Å²) in [6.07, 6.45) is 4.00. The first-order chi connectivity index (χ1) is 11.1. The summed E-state index contributed by atoms with van der Waals surface area (Å²) in [7, 11) is 3.44. The van der Waals surface area contributed by atoms with Gasteiger partial charge in [-0.1, -0.05) is 6.07 Å². The van der Waals surface area contributed by atoms with E-state index in [-0.39, 0.29) is 11.7 Å². The lowest BCUT2D eigenvalue weighted by molar-refractivity contribution is 0.0827. The lowest BCUT2D eigenvalue weighted by Gasteiger charge is -2.14. The Bertz CT molecular complexity index is 970. The number of pyridine rings is 1. The average molecular weight is 305 g/mol. The van der Waals surface area contributed by atoms with Crippen LogP contribution in [0.2, 0.25) is 0 Å². The Labute approximate surface area is 133 Å². The van der Waals surface area contributed by atoms with E-state index in [1.54, 1.807) is 32.6 Å². The number of hydrogen-bond donors (Lipinski definition) is 1. The highest BCUT2D eigenvalue weighted by atomic mass is 16.2. The van der Waals surface area contributed by atoms with E-state index in [0.29, 0.717) is 23.1 Å². The molecule has 1 N–H and O–H groups in total. The van der Waals surface area contributed by atoms with Crippen molar-refractivity contribution in [1.82, 2.24) is 14.9 Å². The summed E-state index contributed by atoms with van der Waals surface area (Å²) in [4.78, 5) is 33.8. The Morgan fingerprint density at radius 3 is 2.87 bits per heavy atom. The smallest absolute Gasteiger partial charge is 0.253 e. The molecule has 114 valence electrons. The number of fused-ring (bicyclic) bond motifs is 4. The van der Waals surface area contributed by atoms with E-state index in [0.717, 1.165) is 22.2 Å². The predicted octanol–water partition coefficient (Wildman–Crippen LogP) is 2.40. The summed E-state index contributed by atoms with van der Waals surface area (Å²) >= 11 is 0. The van der Waals surface area contributed by atoms with Crippen molar-refractivity contribution in [2.45, 2.75) is 6.42 Å². The van der Waals surface area contributed by atoms with Gasteiger partial charge >= 0.3 is 0 Å². The first-order valence-corrected chi connectivity index (χ1v) is 7.40. The molecule has 1 aliphatic carbocycles. The lowest BCUT2D eigenvalue weighted by atomic mass is 9.89. The van der Waals surface area contributed by atoms with Gasteiger partial charge in [-0.2, -0.15) is 0 Å². The van der Waals surface area contributed by atoms with Crippen molar-refractivity contribution in [3.63, 3.8) is 0 Å². The Morgan fingerprint density at radius 1 is 1.26 bits per heavy atom. The standard InChI is InChI=1S/C18H15N3O2/c1-21(2)18(23)11-3-4-12-14(8-11)20-15-7-10-5-6-19-9-13(10)17(22)16(12)15/h3-6,8-9,20H,7H2,1-2H3. The molecule has 1 aliphatic rings. The third-order valence-corrected chi connectivity index (χ3v) is 4.28. The molecule has 0 radical (unpaired) electrons. The zero-order valence-corrected chi connectivity index (χ0v) is 12.9. The van der Waals surface area contributed by atoms with Crippen molar-refractivity contribution in [2.75, 3.05) is 14.1 Å². The number of ketones is 1. The maximum absolute atomic E-state index is 12.8. The minimum atomic E-state index is -0.0571. The average Bonchev–Trinajstić information content (AvgIpc) is 2.91. The van der Waals surface area contributed by atoms with E-state index in [9.17, 15) is 9.59 Å². The van der Waals surface area contributed by atoms with Crippen LogP contribution in [0, 0.1) is 0 Å². The molecule has 1 aromatic carbocycles. The summed E-state index contributed by atoms with van der Waals surface area (Å²) < 4.78 is 0. The second kappa shape index (κ2) is 4.78. The molecule has 0 saturated heterocycles. The molecule has 5 nitrogen and oxygen atoms in total. The molecule has 0 unspecified atom stereocenters. The fourth-order valence-corrected chi connectivity index (χ4v) is 3.14. The number of nitrogens with one attached hydrogen (secondary N) is 1. The highest BCUT2D eigenvalue weighted by Gasteiger charge is 2.27. The molecule has 0 atom stereocenters. The zero-order chi connectivity index (χ0) is 16.1. The quantitative estimate of drug-likeness (QED) is 0.587. The number of carbonyl (C=O) groups excluding carboxylic acids is 2. The lowest BCUT2D eigenvalue weighted by Crippen LogP contribution is -2.21. The highest BCUT2D eigenvalue weighted by Crippen LogP contribution is 2.32. The van der Waals surface area contributed by atoms with Crippen molar-refractivity contribution in [3.8, 4) is 0 Å². The number of hydrogen-bond acceptors (Lipinski definition) is 3. The van der Waals surface area contributed by atoms with Crippen LogP contribution in [-0.2, 0) is 6.42 Å². The summed E-state index contributed by atoms with van der Waals surface area (Å²) in [6, 6.07) is 7.31. The fraction of sp³-hybridized carbons (Fsp3) is 0.167. The maximum Gasteiger partial charge on any atom is 0.253 e. The van der Waals surface area contributed by atoms with Crippen LogP contribution in [0.4, 0.5) is 0 Å². The van der Waals surface area contributed by atoms with E-state index in [4.69, 9.17) is 0 Å². The monoisotopic (exact) mass is 305 g/mol. The van der Waals surface area contributed by atoms with E-state index in [1.165, 1.54) is 4.90 Å². The van der Waals surface area contributed by atoms with Gasteiger partial charge in [-0.3, -0.25) is 14.6 Å². The normalized spacial score (nSPS) is 12.9. The molecule has 0 aliphatic heterocycles. The van der Waals surface area contributed by atoms with Gasteiger partial charge in [-0.15, -0.1) is 0 Å². The third kappa shape index (κ3) is 1.97. The molecule has 5 heteroatoms. The summed E-state index contributed by atoms with van der Waals surface area (Å²) in [5.74, 6) is -0.0643. The van der Waals surface area contributed by atoms with Gasteiger partial charge in [-0.25, -0.2) is 0 Å². The van der Waals surface area contributed by atoms with Gasteiger partial charge < -0.3 is 9.88 Å². The van der Waals surface area contributed by atoms with Crippen LogP contribution in [0.25, 0.3) is 10.9 Å². The van der Waals surface area contributed by atoms with Crippen LogP contribution in [-0.4, -0.2) is 40.7 Å². The van der Waals surface area contributed by atoms with Crippen LogP contribution in [0.3, 0.4) is 0 Å². The Morgan fingerprint density at radius 2 is 2.09 bits per heavy atom. The molecule has 1 amide bonds. The van der Waals surface area contributed by atoms with Crippen molar-refractivity contribution in [1.29, 1.82) is 0 Å². The maximum atomic E-state index is 12.8. The fourth-order valence-electron chi connectivity index (χ4n) is 3.14. The highest BCUT2D eigenvalue weighted by molar-refractivity contribution is 6.19. The van der Waals surface area contributed by atoms with E-state index in [2.05, 4.69) is 9.97 Å². The predicted molar refractivity (Wildman–Crippen MR) is 86.8 cm³/mol. The van der Waals surface area contributed by atoms with Gasteiger partial charge in [0.05, 0.1) is 5.56 Å². The number of amides is 1. The van der Waals surface area contributed by atoms with Gasteiger partial charge in [0, 0.05) is 60.6 Å². The van der Waals surface area contributed by atoms with Gasteiger partial charge in [0.1, 0.15) is 0 Å². The topological polar surface area (TPSA) is 66.1 Å². The van der Waals surface area contributed by atoms with Gasteiger partial charge in [0.15, 0.2) is 5.78 Å². The van der Waals surface area contributed by atoms with Crippen LogP contribution >= 0.6 is 0 Å². The van der Waals surface area contributed by atoms with Crippen molar-refractivity contribution in [2.24, 2.45) is 0 Å². The number of carbonyl (C=O) groups is 2. The minimum Gasteiger partial charge on any atom is -0.357 e. The van der Waals surface area contributed by atoms with Crippen LogP contribution in [0.5, 0.6) is 0 Å². The summed E-state index contributed by atoms with van der Waals surface area (Å²) in [5, 5.41) is 0.856. The van der Waals surface area contributed by atoms with Crippen LogP contribution < -0.4 is 0 Å². The zero-order valence-electron chi connectivity index (χ0n) is 12.9. The Balaban J connectivity index is 1.89. The van der Waals surface area contributed by atoms with E-state index >= 15 is 0 Å². The molecular weight excluding hydrogens is 290 g/mol. The van der Waals surface area contributed by atoms with Crippen LogP contribution in [0.15, 0.2) is 36.7 Å². The molecule has 4 rings (SSSR count). The molecule has 23 heavy (non-hydrogen) atoms. The summed E-state index contributed by atoms with van der Waals surface area (Å²) in [5.41, 5.74) is 4.66. The Hall–Kier alpha value is -2.95. The first-order valence-electron chi connectivity index (χ1n) is 7.40. The largest absolute Gasteiger partial charge is 0.357 e. The number of aromatic nitrogens is 2. The van der Waals surface area contributed by atoms with Crippen molar-refractivity contribution < 1.29 is 9.59 Å². The minimum absolute atomic E-state index is 0.00714. The van der Waals surface area contributed by atoms with Crippen molar-refractivity contribution >= 4 is 22.6 Å². The molecule has 0 bridgehead atoms. The number of nitrogens with zero attached hydrogens (tertiary/aromatic N) is 2. The van der Waals surface area contributed by atoms with Gasteiger partial charge in [-0.05, 0) is 23.8 Å². The SMILES string of the molecule is CN(C)C(=O)c1ccc2c3c([nH]c2c1)Cc1ccncc1C3=O. The van der Waals surface area contributed by atoms with Gasteiger partial charge in [0.25, 0.3) is 5.91 Å². The number of H-pyrrole nitrogens is 1. The number of aromatic amines is 1. The second-order valence-corrected chi connectivity index (χ2v) is 5.98. The van der Waals surface area contributed by atoms with Gasteiger partial charge in [0.2, 0.25) is 0 Å². The second-order valence-electron chi connectivity index (χ2n) is 5.98. The number of benzene rings is 1. The molecule has 2 heterocycles. The molecular formula is C18H15N3O2. The molecule has 0 spiro atoms. The number of rotatable bonds is 1. The summed E-state index contributed by atoms with van der Waals surface area (Å²) in [6.45, 7) is 0. The van der Waals surface area contributed by atoms with Crippen LogP contribution in [0.1, 0.15) is 37.5 Å². The molecule has 0 saturated carbocycles. The molecule has 3 aromatic rings. The van der Waals surface area contributed by atoms with Crippen molar-refractivity contribution in [3.05, 3.63) is 64.6 Å².